The Bertz CT molecular complexity index is 810. The molecule has 29 heavy (non-hydrogen) atoms. The summed E-state index contributed by atoms with van der Waals surface area (Å²) in [6.07, 6.45) is 3.31. The zero-order valence-electron chi connectivity index (χ0n) is 17.3. The molecular weight excluding hydrogens is 364 g/mol. The maximum atomic E-state index is 12.2. The normalized spacial score (nSPS) is 14.5. The minimum absolute atomic E-state index is 0.609. The fourth-order valence-electron chi connectivity index (χ4n) is 3.33. The fourth-order valence-corrected chi connectivity index (χ4v) is 3.33. The monoisotopic (exact) mass is 394 g/mol. The van der Waals surface area contributed by atoms with Crippen molar-refractivity contribution in [2.45, 2.75) is 26.2 Å². The first kappa shape index (κ1) is 20.9. The third-order valence-electron chi connectivity index (χ3n) is 5.23. The molecule has 1 saturated heterocycles. The Kier molecular flexibility index (Phi) is 7.25. The van der Waals surface area contributed by atoms with Gasteiger partial charge in [-0.25, -0.2) is 0 Å². The summed E-state index contributed by atoms with van der Waals surface area (Å²) in [5, 5.41) is 5.31. The van der Waals surface area contributed by atoms with Crippen LogP contribution in [0.1, 0.15) is 25.3 Å². The molecule has 3 rings (SSSR count). The highest BCUT2D eigenvalue weighted by Crippen LogP contribution is 2.19. The molecule has 1 fully saturated rings. The molecule has 1 heterocycles. The van der Waals surface area contributed by atoms with E-state index in [9.17, 15) is 9.59 Å². The van der Waals surface area contributed by atoms with Crippen LogP contribution in [-0.2, 0) is 16.0 Å². The summed E-state index contributed by atoms with van der Waals surface area (Å²) in [6.45, 7) is 6.22. The van der Waals surface area contributed by atoms with Crippen LogP contribution in [0.15, 0.2) is 48.5 Å². The highest BCUT2D eigenvalue weighted by atomic mass is 16.2. The number of rotatable bonds is 6. The van der Waals surface area contributed by atoms with Crippen molar-refractivity contribution < 1.29 is 9.59 Å². The molecule has 0 saturated carbocycles. The van der Waals surface area contributed by atoms with E-state index >= 15 is 0 Å². The number of benzene rings is 2. The van der Waals surface area contributed by atoms with Gasteiger partial charge in [-0.15, -0.1) is 0 Å². The standard InChI is InChI=1S/C23H30N4O2/c1-3-4-5-18-6-8-19(9-7-18)24-22(28)23(29)25-20-10-12-21(13-11-20)27-16-14-26(2)15-17-27/h6-13H,3-5,14-17H2,1-2H3,(H,24,28)(H,25,29). The van der Waals surface area contributed by atoms with Gasteiger partial charge in [-0.05, 0) is 61.9 Å². The number of piperazine rings is 1. The van der Waals surface area contributed by atoms with E-state index in [0.717, 1.165) is 51.1 Å². The van der Waals surface area contributed by atoms with Crippen LogP contribution in [0.2, 0.25) is 0 Å². The molecule has 0 aromatic heterocycles. The molecule has 2 aromatic rings. The molecule has 6 nitrogen and oxygen atoms in total. The number of aryl methyl sites for hydroxylation is 1. The van der Waals surface area contributed by atoms with Crippen LogP contribution in [0, 0.1) is 0 Å². The van der Waals surface area contributed by atoms with Crippen LogP contribution in [0.3, 0.4) is 0 Å². The molecule has 2 N–H and O–H groups in total. The Hall–Kier alpha value is -2.86. The largest absolute Gasteiger partial charge is 0.369 e. The second-order valence-corrected chi connectivity index (χ2v) is 7.55. The average Bonchev–Trinajstić information content (AvgIpc) is 2.74. The molecular formula is C23H30N4O2. The summed E-state index contributed by atoms with van der Waals surface area (Å²) in [5.41, 5.74) is 3.59. The lowest BCUT2D eigenvalue weighted by molar-refractivity contribution is -0.132. The number of hydrogen-bond donors (Lipinski definition) is 2. The van der Waals surface area contributed by atoms with Crippen LogP contribution < -0.4 is 15.5 Å². The number of anilines is 3. The molecule has 0 unspecified atom stereocenters. The lowest BCUT2D eigenvalue weighted by Gasteiger charge is -2.34. The van der Waals surface area contributed by atoms with Crippen LogP contribution in [0.25, 0.3) is 0 Å². The molecule has 2 amide bonds. The van der Waals surface area contributed by atoms with E-state index in [1.165, 1.54) is 5.56 Å². The molecule has 1 aliphatic rings. The van der Waals surface area contributed by atoms with Crippen molar-refractivity contribution >= 4 is 28.9 Å². The van der Waals surface area contributed by atoms with E-state index in [1.54, 1.807) is 0 Å². The van der Waals surface area contributed by atoms with Gasteiger partial charge in [-0.1, -0.05) is 25.5 Å². The Labute approximate surface area is 172 Å². The first-order chi connectivity index (χ1) is 14.0. The number of amides is 2. The van der Waals surface area contributed by atoms with Crippen molar-refractivity contribution in [1.82, 2.24) is 4.90 Å². The van der Waals surface area contributed by atoms with Gasteiger partial charge in [0.05, 0.1) is 0 Å². The highest BCUT2D eigenvalue weighted by Gasteiger charge is 2.16. The maximum Gasteiger partial charge on any atom is 0.314 e. The Morgan fingerprint density at radius 2 is 1.34 bits per heavy atom. The second-order valence-electron chi connectivity index (χ2n) is 7.55. The van der Waals surface area contributed by atoms with Gasteiger partial charge in [0.2, 0.25) is 0 Å². The molecule has 6 heteroatoms. The number of carbonyl (C=O) groups excluding carboxylic acids is 2. The topological polar surface area (TPSA) is 64.7 Å². The first-order valence-corrected chi connectivity index (χ1v) is 10.3. The van der Waals surface area contributed by atoms with Crippen LogP contribution in [0.4, 0.5) is 17.1 Å². The highest BCUT2D eigenvalue weighted by molar-refractivity contribution is 6.43. The summed E-state index contributed by atoms with van der Waals surface area (Å²) in [7, 11) is 2.13. The van der Waals surface area contributed by atoms with E-state index in [4.69, 9.17) is 0 Å². The minimum atomic E-state index is -0.674. The quantitative estimate of drug-likeness (QED) is 0.738. The summed E-state index contributed by atoms with van der Waals surface area (Å²) >= 11 is 0. The van der Waals surface area contributed by atoms with Crippen LogP contribution in [0.5, 0.6) is 0 Å². The summed E-state index contributed by atoms with van der Waals surface area (Å²) in [5.74, 6) is -1.35. The summed E-state index contributed by atoms with van der Waals surface area (Å²) in [6, 6.07) is 15.3. The number of hydrogen-bond acceptors (Lipinski definition) is 4. The van der Waals surface area contributed by atoms with Gasteiger partial charge in [0, 0.05) is 43.2 Å². The lowest BCUT2D eigenvalue weighted by atomic mass is 10.1. The molecule has 0 bridgehead atoms. The molecule has 0 radical (unpaired) electrons. The third kappa shape index (κ3) is 6.06. The van der Waals surface area contributed by atoms with E-state index in [-0.39, 0.29) is 0 Å². The first-order valence-electron chi connectivity index (χ1n) is 10.3. The third-order valence-corrected chi connectivity index (χ3v) is 5.23. The molecule has 1 aliphatic heterocycles. The van der Waals surface area contributed by atoms with Gasteiger partial charge in [0.25, 0.3) is 0 Å². The Morgan fingerprint density at radius 3 is 1.86 bits per heavy atom. The molecule has 2 aromatic carbocycles. The zero-order chi connectivity index (χ0) is 20.6. The second kappa shape index (κ2) is 10.1. The summed E-state index contributed by atoms with van der Waals surface area (Å²) in [4.78, 5) is 29.0. The zero-order valence-corrected chi connectivity index (χ0v) is 17.3. The van der Waals surface area contributed by atoms with Crippen molar-refractivity contribution in [3.05, 3.63) is 54.1 Å². The Morgan fingerprint density at radius 1 is 0.828 bits per heavy atom. The van der Waals surface area contributed by atoms with Gasteiger partial charge < -0.3 is 20.4 Å². The van der Waals surface area contributed by atoms with Crippen molar-refractivity contribution in [2.75, 3.05) is 48.8 Å². The average molecular weight is 395 g/mol. The Balaban J connectivity index is 1.50. The smallest absolute Gasteiger partial charge is 0.314 e. The lowest BCUT2D eigenvalue weighted by Crippen LogP contribution is -2.44. The fraction of sp³-hybridized carbons (Fsp3) is 0.391. The van der Waals surface area contributed by atoms with Gasteiger partial charge in [0.1, 0.15) is 0 Å². The number of nitrogens with zero attached hydrogens (tertiary/aromatic N) is 2. The van der Waals surface area contributed by atoms with Crippen LogP contribution in [-0.4, -0.2) is 49.9 Å². The number of unbranched alkanes of at least 4 members (excludes halogenated alkanes) is 1. The molecule has 0 spiro atoms. The molecule has 154 valence electrons. The SMILES string of the molecule is CCCCc1ccc(NC(=O)C(=O)Nc2ccc(N3CCN(C)CC3)cc2)cc1. The number of carbonyl (C=O) groups is 2. The van der Waals surface area contributed by atoms with Crippen molar-refractivity contribution in [1.29, 1.82) is 0 Å². The number of nitrogens with one attached hydrogen (secondary N) is 2. The van der Waals surface area contributed by atoms with Crippen molar-refractivity contribution in [3.63, 3.8) is 0 Å². The van der Waals surface area contributed by atoms with E-state index < -0.39 is 11.8 Å². The van der Waals surface area contributed by atoms with Gasteiger partial charge in [-0.3, -0.25) is 9.59 Å². The van der Waals surface area contributed by atoms with E-state index in [1.807, 2.05) is 48.5 Å². The van der Waals surface area contributed by atoms with Gasteiger partial charge in [-0.2, -0.15) is 0 Å². The van der Waals surface area contributed by atoms with Gasteiger partial charge in [0.15, 0.2) is 0 Å². The molecule has 0 atom stereocenters. The van der Waals surface area contributed by atoms with Crippen molar-refractivity contribution in [2.24, 2.45) is 0 Å². The van der Waals surface area contributed by atoms with Crippen LogP contribution >= 0.6 is 0 Å². The molecule has 0 aliphatic carbocycles. The van der Waals surface area contributed by atoms with E-state index in [2.05, 4.69) is 34.4 Å². The van der Waals surface area contributed by atoms with Gasteiger partial charge >= 0.3 is 11.8 Å². The van der Waals surface area contributed by atoms with Crippen molar-refractivity contribution in [3.8, 4) is 0 Å². The number of likely N-dealkylation sites (N-methyl/N-ethyl adjacent to an activating group) is 1. The van der Waals surface area contributed by atoms with E-state index in [0.29, 0.717) is 11.4 Å². The minimum Gasteiger partial charge on any atom is -0.369 e. The predicted molar refractivity (Wildman–Crippen MR) is 118 cm³/mol. The predicted octanol–water partition coefficient (Wildman–Crippen LogP) is 3.36. The maximum absolute atomic E-state index is 12.2. The summed E-state index contributed by atoms with van der Waals surface area (Å²) < 4.78 is 0.